The van der Waals surface area contributed by atoms with Crippen molar-refractivity contribution < 1.29 is 9.84 Å². The van der Waals surface area contributed by atoms with Gasteiger partial charge in [-0.25, -0.2) is 0 Å². The molecule has 4 heteroatoms. The van der Waals surface area contributed by atoms with Crippen molar-refractivity contribution in [2.24, 2.45) is 5.41 Å². The minimum atomic E-state index is -0.0145. The molecule has 1 aliphatic heterocycles. The zero-order valence-electron chi connectivity index (χ0n) is 18.2. The van der Waals surface area contributed by atoms with Crippen molar-refractivity contribution in [1.82, 2.24) is 9.88 Å². The first-order valence-electron chi connectivity index (χ1n) is 11.2. The van der Waals surface area contributed by atoms with Crippen LogP contribution < -0.4 is 4.74 Å². The van der Waals surface area contributed by atoms with Crippen LogP contribution >= 0.6 is 0 Å². The largest absolute Gasteiger partial charge is 0.497 e. The maximum atomic E-state index is 10.2. The smallest absolute Gasteiger partial charge is 0.119 e. The lowest BCUT2D eigenvalue weighted by molar-refractivity contribution is 0.0289. The predicted octanol–water partition coefficient (Wildman–Crippen LogP) is 4.81. The lowest BCUT2D eigenvalue weighted by Gasteiger charge is -2.43. The fraction of sp³-hybridized carbons (Fsp3) is 0.462. The normalized spacial score (nSPS) is 17.8. The number of aromatic amines is 1. The molecular weight excluding hydrogens is 372 g/mol. The number of fused-ring (bicyclic) bond motifs is 1. The minimum absolute atomic E-state index is 0.0145. The van der Waals surface area contributed by atoms with E-state index in [1.807, 2.05) is 12.1 Å². The second kappa shape index (κ2) is 9.23. The second-order valence-corrected chi connectivity index (χ2v) is 8.97. The molecule has 0 amide bonds. The Morgan fingerprint density at radius 3 is 2.70 bits per heavy atom. The van der Waals surface area contributed by atoms with E-state index < -0.39 is 0 Å². The summed E-state index contributed by atoms with van der Waals surface area (Å²) in [5.74, 6) is 0.893. The number of nitrogens with one attached hydrogen (secondary N) is 1. The number of aromatic nitrogens is 1. The molecule has 160 valence electrons. The van der Waals surface area contributed by atoms with Gasteiger partial charge in [0, 0.05) is 29.7 Å². The van der Waals surface area contributed by atoms with E-state index in [0.717, 1.165) is 50.9 Å². The predicted molar refractivity (Wildman–Crippen MR) is 123 cm³/mol. The first kappa shape index (κ1) is 21.0. The molecule has 1 aromatic heterocycles. The van der Waals surface area contributed by atoms with Crippen molar-refractivity contribution in [3.8, 4) is 5.75 Å². The topological polar surface area (TPSA) is 48.5 Å². The van der Waals surface area contributed by atoms with Crippen molar-refractivity contribution in [3.05, 3.63) is 65.9 Å². The van der Waals surface area contributed by atoms with E-state index in [1.165, 1.54) is 22.0 Å². The third-order valence-electron chi connectivity index (χ3n) is 7.04. The van der Waals surface area contributed by atoms with Crippen LogP contribution in [0.1, 0.15) is 37.3 Å². The van der Waals surface area contributed by atoms with Gasteiger partial charge < -0.3 is 19.7 Å². The van der Waals surface area contributed by atoms with E-state index in [1.54, 1.807) is 7.11 Å². The molecule has 3 aromatic rings. The molecule has 0 spiro atoms. The molecule has 1 aliphatic rings. The van der Waals surface area contributed by atoms with Gasteiger partial charge in [0.05, 0.1) is 7.11 Å². The van der Waals surface area contributed by atoms with Crippen molar-refractivity contribution in [3.63, 3.8) is 0 Å². The van der Waals surface area contributed by atoms with Gasteiger partial charge in [-0.3, -0.25) is 0 Å². The third-order valence-corrected chi connectivity index (χ3v) is 7.04. The first-order chi connectivity index (χ1) is 14.6. The van der Waals surface area contributed by atoms with E-state index in [4.69, 9.17) is 4.74 Å². The summed E-state index contributed by atoms with van der Waals surface area (Å²) < 4.78 is 5.37. The standard InChI is InChI=1S/C26H34N2O2/c1-20(10-11-22-18-27-25-9-4-3-8-24(22)25)28-14-12-26(19-29,13-15-28)17-21-6-5-7-23(16-21)30-2/h3-9,16,18,20,27,29H,10-15,17,19H2,1-2H3. The minimum Gasteiger partial charge on any atom is -0.497 e. The highest BCUT2D eigenvalue weighted by atomic mass is 16.5. The Morgan fingerprint density at radius 2 is 1.93 bits per heavy atom. The van der Waals surface area contributed by atoms with Crippen molar-refractivity contribution in [2.75, 3.05) is 26.8 Å². The van der Waals surface area contributed by atoms with Crippen LogP contribution in [-0.4, -0.2) is 47.8 Å². The Balaban J connectivity index is 1.33. The third kappa shape index (κ3) is 4.55. The number of para-hydroxylation sites is 1. The van der Waals surface area contributed by atoms with Gasteiger partial charge in [-0.1, -0.05) is 30.3 Å². The van der Waals surface area contributed by atoms with Gasteiger partial charge >= 0.3 is 0 Å². The monoisotopic (exact) mass is 406 g/mol. The molecule has 4 rings (SSSR count). The molecule has 1 saturated heterocycles. The number of hydrogen-bond donors (Lipinski definition) is 2. The number of aryl methyl sites for hydroxylation is 1. The van der Waals surface area contributed by atoms with Gasteiger partial charge in [0.25, 0.3) is 0 Å². The number of hydrogen-bond acceptors (Lipinski definition) is 3. The Hall–Kier alpha value is -2.30. The highest BCUT2D eigenvalue weighted by Gasteiger charge is 2.35. The number of aliphatic hydroxyl groups is 1. The second-order valence-electron chi connectivity index (χ2n) is 8.97. The number of rotatable bonds is 8. The van der Waals surface area contributed by atoms with Gasteiger partial charge in [0.15, 0.2) is 0 Å². The number of methoxy groups -OCH3 is 1. The van der Waals surface area contributed by atoms with Gasteiger partial charge in [0.2, 0.25) is 0 Å². The van der Waals surface area contributed by atoms with Crippen LogP contribution in [0.25, 0.3) is 10.9 Å². The molecule has 0 bridgehead atoms. The van der Waals surface area contributed by atoms with Crippen molar-refractivity contribution >= 4 is 10.9 Å². The number of piperidine rings is 1. The molecule has 1 fully saturated rings. The summed E-state index contributed by atoms with van der Waals surface area (Å²) in [4.78, 5) is 6.00. The van der Waals surface area contributed by atoms with Crippen LogP contribution in [0, 0.1) is 5.41 Å². The average molecular weight is 407 g/mol. The van der Waals surface area contributed by atoms with E-state index in [-0.39, 0.29) is 12.0 Å². The highest BCUT2D eigenvalue weighted by Crippen LogP contribution is 2.36. The molecule has 2 heterocycles. The molecule has 2 N–H and O–H groups in total. The summed E-state index contributed by atoms with van der Waals surface area (Å²) in [5.41, 5.74) is 3.88. The maximum Gasteiger partial charge on any atom is 0.119 e. The molecule has 0 saturated carbocycles. The summed E-state index contributed by atoms with van der Waals surface area (Å²) in [6, 6.07) is 17.4. The summed E-state index contributed by atoms with van der Waals surface area (Å²) in [6.07, 6.45) is 7.41. The molecular formula is C26H34N2O2. The molecule has 4 nitrogen and oxygen atoms in total. The fourth-order valence-electron chi connectivity index (χ4n) is 4.93. The van der Waals surface area contributed by atoms with E-state index in [0.29, 0.717) is 6.04 Å². The average Bonchev–Trinajstić information content (AvgIpc) is 3.21. The number of ether oxygens (including phenoxy) is 1. The number of aliphatic hydroxyl groups excluding tert-OH is 1. The summed E-state index contributed by atoms with van der Waals surface area (Å²) in [6.45, 7) is 4.71. The number of H-pyrrole nitrogens is 1. The zero-order chi connectivity index (χ0) is 21.0. The van der Waals surface area contributed by atoms with Gasteiger partial charge in [-0.15, -0.1) is 0 Å². The Bertz CT molecular complexity index is 956. The molecule has 1 atom stereocenters. The summed E-state index contributed by atoms with van der Waals surface area (Å²) >= 11 is 0. The first-order valence-corrected chi connectivity index (χ1v) is 11.2. The SMILES string of the molecule is COc1cccc(CC2(CO)CCN(C(C)CCc3c[nH]c4ccccc34)CC2)c1. The van der Waals surface area contributed by atoms with E-state index in [9.17, 15) is 5.11 Å². The quantitative estimate of drug-likeness (QED) is 0.564. The van der Waals surface area contributed by atoms with Crippen LogP contribution in [0.5, 0.6) is 5.75 Å². The van der Waals surface area contributed by atoms with Crippen LogP contribution in [-0.2, 0) is 12.8 Å². The summed E-state index contributed by atoms with van der Waals surface area (Å²) in [7, 11) is 1.71. The highest BCUT2D eigenvalue weighted by molar-refractivity contribution is 5.83. The van der Waals surface area contributed by atoms with Gasteiger partial charge in [-0.05, 0) is 86.9 Å². The summed E-state index contributed by atoms with van der Waals surface area (Å²) in [5, 5.41) is 11.6. The fourth-order valence-corrected chi connectivity index (χ4v) is 4.93. The number of benzene rings is 2. The van der Waals surface area contributed by atoms with Crippen LogP contribution in [0.2, 0.25) is 0 Å². The number of nitrogens with zero attached hydrogens (tertiary/aromatic N) is 1. The van der Waals surface area contributed by atoms with Crippen LogP contribution in [0.4, 0.5) is 0 Å². The molecule has 1 unspecified atom stereocenters. The van der Waals surface area contributed by atoms with Crippen molar-refractivity contribution in [1.29, 1.82) is 0 Å². The van der Waals surface area contributed by atoms with Crippen LogP contribution in [0.15, 0.2) is 54.7 Å². The molecule has 0 aliphatic carbocycles. The van der Waals surface area contributed by atoms with Gasteiger partial charge in [0.1, 0.15) is 5.75 Å². The lowest BCUT2D eigenvalue weighted by Crippen LogP contribution is -2.46. The maximum absolute atomic E-state index is 10.2. The molecule has 2 aromatic carbocycles. The zero-order valence-corrected chi connectivity index (χ0v) is 18.2. The Kier molecular flexibility index (Phi) is 6.45. The number of likely N-dealkylation sites (tertiary alicyclic amines) is 1. The molecule has 0 radical (unpaired) electrons. The lowest BCUT2D eigenvalue weighted by atomic mass is 9.74. The van der Waals surface area contributed by atoms with Gasteiger partial charge in [-0.2, -0.15) is 0 Å². The van der Waals surface area contributed by atoms with Crippen LogP contribution in [0.3, 0.4) is 0 Å². The van der Waals surface area contributed by atoms with E-state index >= 15 is 0 Å². The Morgan fingerprint density at radius 1 is 1.13 bits per heavy atom. The van der Waals surface area contributed by atoms with Crippen molar-refractivity contribution in [2.45, 2.75) is 45.1 Å². The van der Waals surface area contributed by atoms with E-state index in [2.05, 4.69) is 59.4 Å². The molecule has 30 heavy (non-hydrogen) atoms. The Labute approximate surface area is 179 Å².